The Labute approximate surface area is 99.4 Å². The Hall–Kier alpha value is -1.41. The second-order valence-corrected chi connectivity index (χ2v) is 5.89. The van der Waals surface area contributed by atoms with E-state index in [0.29, 0.717) is 5.69 Å². The van der Waals surface area contributed by atoms with Crippen LogP contribution in [-0.2, 0) is 21.5 Å². The maximum Gasteiger partial charge on any atom is 0.304 e. The Balaban J connectivity index is 2.24. The molecule has 1 fully saturated rings. The number of H-pyrrole nitrogens is 1. The molecule has 1 atom stereocenters. The first-order valence-electron chi connectivity index (χ1n) is 5.23. The summed E-state index contributed by atoms with van der Waals surface area (Å²) in [6.45, 7) is 3.58. The minimum atomic E-state index is -3.72. The predicted octanol–water partition coefficient (Wildman–Crippen LogP) is -0.389. The first-order chi connectivity index (χ1) is 7.92. The van der Waals surface area contributed by atoms with Crippen LogP contribution in [0, 0.1) is 5.92 Å². The van der Waals surface area contributed by atoms with E-state index in [4.69, 9.17) is 0 Å². The number of aromatic amines is 1. The van der Waals surface area contributed by atoms with Crippen molar-refractivity contribution in [2.75, 3.05) is 0 Å². The zero-order chi connectivity index (χ0) is 12.6. The van der Waals surface area contributed by atoms with Gasteiger partial charge in [-0.05, 0) is 5.92 Å². The smallest absolute Gasteiger partial charge is 0.304 e. The van der Waals surface area contributed by atoms with Gasteiger partial charge in [0.1, 0.15) is 6.04 Å². The average Bonchev–Trinajstić information content (AvgIpc) is 2.80. The van der Waals surface area contributed by atoms with Crippen LogP contribution in [0.1, 0.15) is 19.5 Å². The predicted molar refractivity (Wildman–Crippen MR) is 59.8 cm³/mol. The average molecular weight is 258 g/mol. The number of aromatic nitrogens is 2. The maximum absolute atomic E-state index is 11.9. The zero-order valence-corrected chi connectivity index (χ0v) is 10.4. The summed E-state index contributed by atoms with van der Waals surface area (Å²) in [5, 5.41) is 0. The van der Waals surface area contributed by atoms with Crippen LogP contribution in [-0.4, -0.2) is 34.6 Å². The highest BCUT2D eigenvalue weighted by atomic mass is 32.2. The van der Waals surface area contributed by atoms with Gasteiger partial charge in [-0.25, -0.2) is 9.29 Å². The third kappa shape index (κ3) is 2.18. The van der Waals surface area contributed by atoms with Crippen LogP contribution in [0.25, 0.3) is 0 Å². The number of hydrogen-bond donors (Lipinski definition) is 2. The van der Waals surface area contributed by atoms with Gasteiger partial charge in [0.05, 0.1) is 18.6 Å². The molecular formula is C9H14N4O3S. The molecule has 0 spiro atoms. The van der Waals surface area contributed by atoms with Gasteiger partial charge in [0.2, 0.25) is 0 Å². The Morgan fingerprint density at radius 2 is 2.24 bits per heavy atom. The molecule has 0 aliphatic carbocycles. The summed E-state index contributed by atoms with van der Waals surface area (Å²) in [6, 6.07) is -0.678. The van der Waals surface area contributed by atoms with E-state index in [1.165, 1.54) is 12.5 Å². The molecule has 0 bridgehead atoms. The number of amides is 1. The molecule has 1 aliphatic rings. The SMILES string of the molecule is CC(C)[C@@H]1NS(=O)(=O)N(Cc2cnc[nH]2)C1=O. The van der Waals surface area contributed by atoms with Crippen LogP contribution in [0.4, 0.5) is 0 Å². The highest BCUT2D eigenvalue weighted by Gasteiger charge is 2.44. The van der Waals surface area contributed by atoms with Gasteiger partial charge >= 0.3 is 10.2 Å². The molecule has 1 aromatic heterocycles. The van der Waals surface area contributed by atoms with E-state index in [-0.39, 0.29) is 12.5 Å². The molecule has 0 unspecified atom stereocenters. The number of imidazole rings is 1. The quantitative estimate of drug-likeness (QED) is 0.772. The third-order valence-corrected chi connectivity index (χ3v) is 4.05. The van der Waals surface area contributed by atoms with Crippen molar-refractivity contribution in [3.63, 3.8) is 0 Å². The first-order valence-corrected chi connectivity index (χ1v) is 6.67. The standard InChI is InChI=1S/C9H14N4O3S/c1-6(2)8-9(14)13(17(15,16)12-8)4-7-3-10-5-11-7/h3,5-6,8,12H,4H2,1-2H3,(H,10,11)/t8-/m0/s1. The molecule has 1 amide bonds. The van der Waals surface area contributed by atoms with E-state index in [0.717, 1.165) is 4.31 Å². The van der Waals surface area contributed by atoms with Crippen LogP contribution in [0.15, 0.2) is 12.5 Å². The summed E-state index contributed by atoms with van der Waals surface area (Å²) in [5.41, 5.74) is 0.577. The van der Waals surface area contributed by atoms with Gasteiger partial charge < -0.3 is 4.98 Å². The van der Waals surface area contributed by atoms with E-state index in [2.05, 4.69) is 14.7 Å². The number of nitrogens with one attached hydrogen (secondary N) is 2. The van der Waals surface area contributed by atoms with E-state index < -0.39 is 22.2 Å². The van der Waals surface area contributed by atoms with Crippen LogP contribution in [0.5, 0.6) is 0 Å². The summed E-state index contributed by atoms with van der Waals surface area (Å²) < 4.78 is 26.7. The number of hydrogen-bond acceptors (Lipinski definition) is 4. The highest BCUT2D eigenvalue weighted by molar-refractivity contribution is 7.88. The van der Waals surface area contributed by atoms with Gasteiger partial charge in [0.25, 0.3) is 5.91 Å². The molecule has 94 valence electrons. The molecule has 1 aromatic rings. The van der Waals surface area contributed by atoms with Crippen molar-refractivity contribution in [1.82, 2.24) is 19.0 Å². The van der Waals surface area contributed by atoms with Crippen LogP contribution >= 0.6 is 0 Å². The lowest BCUT2D eigenvalue weighted by Crippen LogP contribution is -2.34. The summed E-state index contributed by atoms with van der Waals surface area (Å²) in [7, 11) is -3.72. The summed E-state index contributed by atoms with van der Waals surface area (Å²) in [5.74, 6) is -0.501. The minimum absolute atomic E-state index is 0.0165. The fourth-order valence-corrected chi connectivity index (χ4v) is 3.14. The van der Waals surface area contributed by atoms with Crippen molar-refractivity contribution in [2.24, 2.45) is 5.92 Å². The topological polar surface area (TPSA) is 95.2 Å². The zero-order valence-electron chi connectivity index (χ0n) is 9.54. The maximum atomic E-state index is 11.9. The van der Waals surface area contributed by atoms with Gasteiger partial charge in [-0.3, -0.25) is 4.79 Å². The summed E-state index contributed by atoms with van der Waals surface area (Å²) in [6.07, 6.45) is 2.93. The van der Waals surface area contributed by atoms with Gasteiger partial charge in [-0.15, -0.1) is 0 Å². The van der Waals surface area contributed by atoms with Crippen molar-refractivity contribution in [3.8, 4) is 0 Å². The number of rotatable bonds is 3. The Morgan fingerprint density at radius 1 is 1.53 bits per heavy atom. The van der Waals surface area contributed by atoms with Gasteiger partial charge in [0, 0.05) is 6.20 Å². The number of nitrogens with zero attached hydrogens (tertiary/aromatic N) is 2. The van der Waals surface area contributed by atoms with Crippen molar-refractivity contribution < 1.29 is 13.2 Å². The minimum Gasteiger partial charge on any atom is -0.347 e. The Bertz CT molecular complexity index is 508. The molecule has 17 heavy (non-hydrogen) atoms. The number of carbonyl (C=O) groups is 1. The molecule has 2 N–H and O–H groups in total. The highest BCUT2D eigenvalue weighted by Crippen LogP contribution is 2.19. The largest absolute Gasteiger partial charge is 0.347 e. The van der Waals surface area contributed by atoms with E-state index in [9.17, 15) is 13.2 Å². The third-order valence-electron chi connectivity index (χ3n) is 2.61. The van der Waals surface area contributed by atoms with Crippen LogP contribution < -0.4 is 4.72 Å². The Morgan fingerprint density at radius 3 is 2.71 bits per heavy atom. The molecule has 8 heteroatoms. The van der Waals surface area contributed by atoms with Gasteiger partial charge in [-0.2, -0.15) is 13.1 Å². The molecular weight excluding hydrogens is 244 g/mol. The monoisotopic (exact) mass is 258 g/mol. The molecule has 2 rings (SSSR count). The lowest BCUT2D eigenvalue weighted by molar-refractivity contribution is -0.127. The molecule has 2 heterocycles. The van der Waals surface area contributed by atoms with E-state index in [1.54, 1.807) is 13.8 Å². The van der Waals surface area contributed by atoms with E-state index in [1.807, 2.05) is 0 Å². The van der Waals surface area contributed by atoms with Crippen molar-refractivity contribution in [2.45, 2.75) is 26.4 Å². The van der Waals surface area contributed by atoms with Gasteiger partial charge in [0.15, 0.2) is 0 Å². The summed E-state index contributed by atoms with van der Waals surface area (Å²) in [4.78, 5) is 18.5. The first kappa shape index (κ1) is 12.1. The van der Waals surface area contributed by atoms with Crippen LogP contribution in [0.2, 0.25) is 0 Å². The second kappa shape index (κ2) is 4.11. The lowest BCUT2D eigenvalue weighted by atomic mass is 10.1. The molecule has 0 saturated carbocycles. The van der Waals surface area contributed by atoms with Crippen molar-refractivity contribution >= 4 is 16.1 Å². The summed E-state index contributed by atoms with van der Waals surface area (Å²) >= 11 is 0. The van der Waals surface area contributed by atoms with Crippen molar-refractivity contribution in [1.29, 1.82) is 0 Å². The Kier molecular flexibility index (Phi) is 2.92. The molecule has 0 aromatic carbocycles. The fraction of sp³-hybridized carbons (Fsp3) is 0.556. The molecule has 0 radical (unpaired) electrons. The second-order valence-electron chi connectivity index (χ2n) is 4.27. The molecule has 1 aliphatic heterocycles. The fourth-order valence-electron chi connectivity index (χ4n) is 1.66. The lowest BCUT2D eigenvalue weighted by Gasteiger charge is -2.13. The molecule has 7 nitrogen and oxygen atoms in total. The molecule has 1 saturated heterocycles. The van der Waals surface area contributed by atoms with Crippen molar-refractivity contribution in [3.05, 3.63) is 18.2 Å². The van der Waals surface area contributed by atoms with Gasteiger partial charge in [-0.1, -0.05) is 13.8 Å². The normalized spacial score (nSPS) is 23.6. The van der Waals surface area contributed by atoms with Crippen LogP contribution in [0.3, 0.4) is 0 Å². The van der Waals surface area contributed by atoms with E-state index >= 15 is 0 Å². The number of carbonyl (C=O) groups excluding carboxylic acids is 1.